The minimum absolute atomic E-state index is 0.164. The van der Waals surface area contributed by atoms with E-state index in [1.165, 1.54) is 0 Å². The monoisotopic (exact) mass is 403 g/mol. The number of aromatic nitrogens is 1. The highest BCUT2D eigenvalue weighted by Gasteiger charge is 2.23. The van der Waals surface area contributed by atoms with Crippen LogP contribution in [0.3, 0.4) is 0 Å². The molecule has 0 bridgehead atoms. The highest BCUT2D eigenvalue weighted by atomic mass is 16.5. The average molecular weight is 403 g/mol. The lowest BCUT2D eigenvalue weighted by Gasteiger charge is -2.09. The van der Waals surface area contributed by atoms with Gasteiger partial charge in [0.2, 0.25) is 0 Å². The van der Waals surface area contributed by atoms with Crippen LogP contribution in [-0.4, -0.2) is 35.0 Å². The van der Waals surface area contributed by atoms with E-state index < -0.39 is 18.5 Å². The van der Waals surface area contributed by atoms with Crippen LogP contribution in [0.5, 0.6) is 0 Å². The van der Waals surface area contributed by atoms with E-state index >= 15 is 0 Å². The van der Waals surface area contributed by atoms with E-state index in [-0.39, 0.29) is 11.9 Å². The van der Waals surface area contributed by atoms with E-state index in [0.717, 1.165) is 18.5 Å². The molecule has 1 aliphatic carbocycles. The van der Waals surface area contributed by atoms with Crippen LogP contribution in [0, 0.1) is 0 Å². The molecule has 0 saturated heterocycles. The fourth-order valence-corrected chi connectivity index (χ4v) is 2.95. The number of nitrogens with zero attached hydrogens (tertiary/aromatic N) is 1. The molecule has 2 aromatic carbocycles. The first kappa shape index (κ1) is 19.4. The zero-order valence-corrected chi connectivity index (χ0v) is 16.2. The summed E-state index contributed by atoms with van der Waals surface area (Å²) in [6, 6.07) is 17.6. The van der Waals surface area contributed by atoms with Crippen molar-refractivity contribution < 1.29 is 19.1 Å². The SMILES string of the molecule is O=C(COC(=O)c1cccc(-n2cccc2)c1)Nc1cccc(C(=O)NC2CC2)c1. The summed E-state index contributed by atoms with van der Waals surface area (Å²) >= 11 is 0. The van der Waals surface area contributed by atoms with E-state index in [0.29, 0.717) is 16.8 Å². The molecule has 152 valence electrons. The van der Waals surface area contributed by atoms with Gasteiger partial charge in [0.1, 0.15) is 0 Å². The summed E-state index contributed by atoms with van der Waals surface area (Å²) in [4.78, 5) is 36.6. The van der Waals surface area contributed by atoms with E-state index in [1.54, 1.807) is 42.5 Å². The Bertz CT molecular complexity index is 1070. The van der Waals surface area contributed by atoms with Gasteiger partial charge in [0.15, 0.2) is 6.61 Å². The van der Waals surface area contributed by atoms with Crippen molar-refractivity contribution in [1.29, 1.82) is 0 Å². The molecular weight excluding hydrogens is 382 g/mol. The normalized spacial score (nSPS) is 12.8. The minimum Gasteiger partial charge on any atom is -0.452 e. The van der Waals surface area contributed by atoms with Gasteiger partial charge in [-0.1, -0.05) is 12.1 Å². The first-order valence-electron chi connectivity index (χ1n) is 9.70. The molecule has 1 aromatic heterocycles. The number of ether oxygens (including phenoxy) is 1. The Morgan fingerprint density at radius 3 is 2.43 bits per heavy atom. The third kappa shape index (κ3) is 4.94. The van der Waals surface area contributed by atoms with E-state index in [2.05, 4.69) is 10.6 Å². The van der Waals surface area contributed by atoms with Crippen LogP contribution in [0.1, 0.15) is 33.6 Å². The molecule has 3 aromatic rings. The van der Waals surface area contributed by atoms with Crippen LogP contribution in [0.15, 0.2) is 73.1 Å². The predicted molar refractivity (Wildman–Crippen MR) is 112 cm³/mol. The number of hydrogen-bond donors (Lipinski definition) is 2. The summed E-state index contributed by atoms with van der Waals surface area (Å²) in [5.41, 5.74) is 2.11. The van der Waals surface area contributed by atoms with Crippen LogP contribution in [-0.2, 0) is 9.53 Å². The zero-order chi connectivity index (χ0) is 20.9. The molecule has 4 rings (SSSR count). The van der Waals surface area contributed by atoms with Crippen molar-refractivity contribution in [2.75, 3.05) is 11.9 Å². The molecule has 7 heteroatoms. The van der Waals surface area contributed by atoms with Gasteiger partial charge in [-0.05, 0) is 61.4 Å². The van der Waals surface area contributed by atoms with Crippen LogP contribution in [0.25, 0.3) is 5.69 Å². The molecule has 1 aliphatic rings. The number of amides is 2. The van der Waals surface area contributed by atoms with Crippen molar-refractivity contribution in [3.8, 4) is 5.69 Å². The molecule has 2 N–H and O–H groups in total. The summed E-state index contributed by atoms with van der Waals surface area (Å²) in [5, 5.41) is 5.55. The van der Waals surface area contributed by atoms with Crippen LogP contribution < -0.4 is 10.6 Å². The number of nitrogens with one attached hydrogen (secondary N) is 2. The molecule has 0 unspecified atom stereocenters. The molecule has 0 radical (unpaired) electrons. The van der Waals surface area contributed by atoms with Crippen molar-refractivity contribution in [2.45, 2.75) is 18.9 Å². The topological polar surface area (TPSA) is 89.4 Å². The Labute approximate surface area is 173 Å². The maximum atomic E-state index is 12.3. The Hall–Kier alpha value is -3.87. The Morgan fingerprint density at radius 1 is 0.933 bits per heavy atom. The van der Waals surface area contributed by atoms with Gasteiger partial charge in [-0.3, -0.25) is 9.59 Å². The molecule has 0 atom stereocenters. The highest BCUT2D eigenvalue weighted by molar-refractivity contribution is 5.98. The molecule has 1 saturated carbocycles. The molecule has 7 nitrogen and oxygen atoms in total. The van der Waals surface area contributed by atoms with E-state index in [1.807, 2.05) is 35.2 Å². The number of rotatable bonds is 7. The maximum absolute atomic E-state index is 12.3. The Balaban J connectivity index is 1.32. The van der Waals surface area contributed by atoms with Crippen molar-refractivity contribution in [3.63, 3.8) is 0 Å². The number of benzene rings is 2. The van der Waals surface area contributed by atoms with Gasteiger partial charge >= 0.3 is 5.97 Å². The lowest BCUT2D eigenvalue weighted by molar-refractivity contribution is -0.119. The van der Waals surface area contributed by atoms with Crippen LogP contribution >= 0.6 is 0 Å². The molecule has 0 spiro atoms. The van der Waals surface area contributed by atoms with Gasteiger partial charge in [0.05, 0.1) is 5.56 Å². The molecule has 1 fully saturated rings. The maximum Gasteiger partial charge on any atom is 0.338 e. The summed E-state index contributed by atoms with van der Waals surface area (Å²) in [6.45, 7) is -0.426. The summed E-state index contributed by atoms with van der Waals surface area (Å²) < 4.78 is 7.00. The second kappa shape index (κ2) is 8.65. The highest BCUT2D eigenvalue weighted by Crippen LogP contribution is 2.20. The van der Waals surface area contributed by atoms with Crippen molar-refractivity contribution in [1.82, 2.24) is 9.88 Å². The van der Waals surface area contributed by atoms with Crippen molar-refractivity contribution in [3.05, 3.63) is 84.2 Å². The average Bonchev–Trinajstić information content (AvgIpc) is 3.40. The second-order valence-electron chi connectivity index (χ2n) is 7.09. The number of hydrogen-bond acceptors (Lipinski definition) is 4. The Kier molecular flexibility index (Phi) is 5.61. The molecule has 0 aliphatic heterocycles. The van der Waals surface area contributed by atoms with E-state index in [4.69, 9.17) is 4.74 Å². The smallest absolute Gasteiger partial charge is 0.338 e. The first-order chi connectivity index (χ1) is 14.6. The van der Waals surface area contributed by atoms with Gasteiger partial charge < -0.3 is 19.9 Å². The summed E-state index contributed by atoms with van der Waals surface area (Å²) in [7, 11) is 0. The fraction of sp³-hybridized carbons (Fsp3) is 0.174. The van der Waals surface area contributed by atoms with Crippen LogP contribution in [0.4, 0.5) is 5.69 Å². The third-order valence-corrected chi connectivity index (χ3v) is 4.64. The Morgan fingerprint density at radius 2 is 1.67 bits per heavy atom. The molecular formula is C23H21N3O4. The van der Waals surface area contributed by atoms with Gasteiger partial charge in [0.25, 0.3) is 11.8 Å². The van der Waals surface area contributed by atoms with Crippen molar-refractivity contribution >= 4 is 23.5 Å². The molecule has 2 amide bonds. The minimum atomic E-state index is -0.586. The van der Waals surface area contributed by atoms with Gasteiger partial charge in [-0.2, -0.15) is 0 Å². The molecule has 1 heterocycles. The fourth-order valence-electron chi connectivity index (χ4n) is 2.95. The number of carbonyl (C=O) groups excluding carboxylic acids is 3. The van der Waals surface area contributed by atoms with Gasteiger partial charge in [0, 0.05) is 35.4 Å². The summed E-state index contributed by atoms with van der Waals surface area (Å²) in [6.07, 6.45) is 5.75. The van der Waals surface area contributed by atoms with Gasteiger partial charge in [-0.25, -0.2) is 4.79 Å². The standard InChI is InChI=1S/C23H21N3O4/c27-21(24-19-7-3-5-16(13-19)22(28)25-18-9-10-18)15-30-23(29)17-6-4-8-20(14-17)26-11-1-2-12-26/h1-8,11-14,18H,9-10,15H2,(H,24,27)(H,25,28). The lowest BCUT2D eigenvalue weighted by atomic mass is 10.2. The summed E-state index contributed by atoms with van der Waals surface area (Å²) in [5.74, 6) is -1.23. The van der Waals surface area contributed by atoms with Crippen LogP contribution in [0.2, 0.25) is 0 Å². The first-order valence-corrected chi connectivity index (χ1v) is 9.70. The zero-order valence-electron chi connectivity index (χ0n) is 16.2. The van der Waals surface area contributed by atoms with Crippen molar-refractivity contribution in [2.24, 2.45) is 0 Å². The van der Waals surface area contributed by atoms with E-state index in [9.17, 15) is 14.4 Å². The molecule has 30 heavy (non-hydrogen) atoms. The third-order valence-electron chi connectivity index (χ3n) is 4.64. The lowest BCUT2D eigenvalue weighted by Crippen LogP contribution is -2.25. The number of esters is 1. The largest absolute Gasteiger partial charge is 0.452 e. The number of anilines is 1. The predicted octanol–water partition coefficient (Wildman–Crippen LogP) is 3.17. The second-order valence-corrected chi connectivity index (χ2v) is 7.09. The quantitative estimate of drug-likeness (QED) is 0.593. The van der Waals surface area contributed by atoms with Gasteiger partial charge in [-0.15, -0.1) is 0 Å². The number of carbonyl (C=O) groups is 3.